The molecule has 0 atom stereocenters. The predicted octanol–water partition coefficient (Wildman–Crippen LogP) is 2.02. The van der Waals surface area contributed by atoms with Crippen molar-refractivity contribution in [1.82, 2.24) is 14.8 Å². The summed E-state index contributed by atoms with van der Waals surface area (Å²) >= 11 is 4.99. The van der Waals surface area contributed by atoms with Crippen LogP contribution < -0.4 is 0 Å². The SMILES string of the molecule is Cn1[nH]c(-c2ccc(C#N)cc2)nc1=S. The molecule has 1 N–H and O–H groups in total. The highest BCUT2D eigenvalue weighted by Crippen LogP contribution is 2.14. The molecule has 0 saturated heterocycles. The normalized spacial score (nSPS) is 9.87. The van der Waals surface area contributed by atoms with Crippen LogP contribution in [-0.2, 0) is 7.05 Å². The monoisotopic (exact) mass is 216 g/mol. The molecule has 0 fully saturated rings. The van der Waals surface area contributed by atoms with Crippen molar-refractivity contribution in [2.75, 3.05) is 0 Å². The molecule has 0 bridgehead atoms. The predicted molar refractivity (Wildman–Crippen MR) is 58.5 cm³/mol. The minimum atomic E-state index is 0.509. The molecule has 74 valence electrons. The number of rotatable bonds is 1. The lowest BCUT2D eigenvalue weighted by molar-refractivity contribution is 0.756. The molecule has 1 aromatic heterocycles. The second-order valence-corrected chi connectivity index (χ2v) is 3.47. The van der Waals surface area contributed by atoms with Gasteiger partial charge in [0.05, 0.1) is 11.6 Å². The molecule has 2 rings (SSSR count). The average Bonchev–Trinajstić information content (AvgIpc) is 2.59. The van der Waals surface area contributed by atoms with Gasteiger partial charge >= 0.3 is 0 Å². The molecule has 4 nitrogen and oxygen atoms in total. The van der Waals surface area contributed by atoms with Gasteiger partial charge in [-0.15, -0.1) is 0 Å². The van der Waals surface area contributed by atoms with Gasteiger partial charge in [0.1, 0.15) is 0 Å². The molecule has 0 aliphatic carbocycles. The fraction of sp³-hybridized carbons (Fsp3) is 0.100. The number of hydrogen-bond acceptors (Lipinski definition) is 3. The number of aryl methyl sites for hydroxylation is 1. The smallest absolute Gasteiger partial charge is 0.216 e. The van der Waals surface area contributed by atoms with E-state index in [0.29, 0.717) is 16.2 Å². The summed E-state index contributed by atoms with van der Waals surface area (Å²) in [7, 11) is 1.81. The van der Waals surface area contributed by atoms with E-state index in [2.05, 4.69) is 16.2 Å². The van der Waals surface area contributed by atoms with Crippen LogP contribution in [-0.4, -0.2) is 14.8 Å². The van der Waals surface area contributed by atoms with Crippen molar-refractivity contribution in [3.05, 3.63) is 34.6 Å². The molecule has 0 aliphatic rings. The Hall–Kier alpha value is -1.93. The zero-order chi connectivity index (χ0) is 10.8. The highest BCUT2D eigenvalue weighted by molar-refractivity contribution is 7.71. The van der Waals surface area contributed by atoms with Crippen molar-refractivity contribution < 1.29 is 0 Å². The Morgan fingerprint density at radius 2 is 2.07 bits per heavy atom. The molecule has 15 heavy (non-hydrogen) atoms. The summed E-state index contributed by atoms with van der Waals surface area (Å²) < 4.78 is 2.18. The molecular weight excluding hydrogens is 208 g/mol. The van der Waals surface area contributed by atoms with Crippen LogP contribution in [0.1, 0.15) is 5.56 Å². The second-order valence-electron chi connectivity index (χ2n) is 3.10. The van der Waals surface area contributed by atoms with E-state index in [1.54, 1.807) is 16.8 Å². The topological polar surface area (TPSA) is 57.4 Å². The highest BCUT2D eigenvalue weighted by Gasteiger charge is 2.02. The van der Waals surface area contributed by atoms with Crippen LogP contribution in [0.25, 0.3) is 11.4 Å². The van der Waals surface area contributed by atoms with Crippen LogP contribution in [0.4, 0.5) is 0 Å². The Morgan fingerprint density at radius 1 is 1.40 bits per heavy atom. The third kappa shape index (κ3) is 1.80. The fourth-order valence-electron chi connectivity index (χ4n) is 1.23. The van der Waals surface area contributed by atoms with E-state index in [-0.39, 0.29) is 0 Å². The molecule has 2 aromatic rings. The Bertz CT molecular complexity index is 571. The largest absolute Gasteiger partial charge is 0.279 e. The highest BCUT2D eigenvalue weighted by atomic mass is 32.1. The first-order valence-corrected chi connectivity index (χ1v) is 4.75. The van der Waals surface area contributed by atoms with Gasteiger partial charge in [-0.05, 0) is 36.5 Å². The number of aromatic nitrogens is 3. The summed E-state index contributed by atoms with van der Waals surface area (Å²) in [5.41, 5.74) is 1.55. The van der Waals surface area contributed by atoms with Crippen LogP contribution in [0.15, 0.2) is 24.3 Å². The lowest BCUT2D eigenvalue weighted by atomic mass is 10.1. The van der Waals surface area contributed by atoms with Gasteiger partial charge in [-0.1, -0.05) is 0 Å². The maximum atomic E-state index is 8.65. The molecule has 1 aromatic carbocycles. The van der Waals surface area contributed by atoms with Crippen LogP contribution in [0, 0.1) is 16.1 Å². The van der Waals surface area contributed by atoms with Gasteiger partial charge in [0.2, 0.25) is 4.77 Å². The lowest BCUT2D eigenvalue weighted by Gasteiger charge is -1.95. The molecule has 0 amide bonds. The quantitative estimate of drug-likeness (QED) is 0.742. The molecular formula is C10H8N4S. The molecule has 0 saturated carbocycles. The standard InChI is InChI=1S/C10H8N4S/c1-14-10(15)12-9(13-14)8-4-2-7(6-11)3-5-8/h2-5H,1H3,(H,12,13,15). The van der Waals surface area contributed by atoms with Crippen molar-refractivity contribution in [2.45, 2.75) is 0 Å². The number of nitrogens with one attached hydrogen (secondary N) is 1. The molecule has 1 heterocycles. The van der Waals surface area contributed by atoms with E-state index in [1.165, 1.54) is 0 Å². The summed E-state index contributed by atoms with van der Waals surface area (Å²) in [6.07, 6.45) is 0. The number of nitrogens with zero attached hydrogens (tertiary/aromatic N) is 3. The van der Waals surface area contributed by atoms with Gasteiger partial charge < -0.3 is 0 Å². The minimum Gasteiger partial charge on any atom is -0.279 e. The van der Waals surface area contributed by atoms with Gasteiger partial charge in [-0.25, -0.2) is 0 Å². The third-order valence-electron chi connectivity index (χ3n) is 2.06. The Labute approximate surface area is 91.8 Å². The maximum absolute atomic E-state index is 8.65. The first-order valence-electron chi connectivity index (χ1n) is 4.34. The summed E-state index contributed by atoms with van der Waals surface area (Å²) in [5.74, 6) is 0.715. The van der Waals surface area contributed by atoms with E-state index in [9.17, 15) is 0 Å². The lowest BCUT2D eigenvalue weighted by Crippen LogP contribution is -1.89. The van der Waals surface area contributed by atoms with Crippen molar-refractivity contribution in [3.8, 4) is 17.5 Å². The fourth-order valence-corrected chi connectivity index (χ4v) is 1.37. The van der Waals surface area contributed by atoms with E-state index in [4.69, 9.17) is 17.5 Å². The van der Waals surface area contributed by atoms with Crippen molar-refractivity contribution in [2.24, 2.45) is 7.05 Å². The van der Waals surface area contributed by atoms with Crippen LogP contribution in [0.5, 0.6) is 0 Å². The minimum absolute atomic E-state index is 0.509. The van der Waals surface area contributed by atoms with Crippen molar-refractivity contribution in [3.63, 3.8) is 0 Å². The average molecular weight is 216 g/mol. The summed E-state index contributed by atoms with van der Waals surface area (Å²) in [4.78, 5) is 4.18. The molecule has 0 radical (unpaired) electrons. The first-order chi connectivity index (χ1) is 7.20. The van der Waals surface area contributed by atoms with Gasteiger partial charge in [-0.3, -0.25) is 9.78 Å². The van der Waals surface area contributed by atoms with E-state index in [0.717, 1.165) is 5.56 Å². The summed E-state index contributed by atoms with van der Waals surface area (Å²) in [5, 5.41) is 11.7. The Morgan fingerprint density at radius 3 is 2.53 bits per heavy atom. The number of nitriles is 1. The number of aromatic amines is 1. The van der Waals surface area contributed by atoms with Gasteiger partial charge in [0, 0.05) is 12.6 Å². The van der Waals surface area contributed by atoms with Crippen LogP contribution >= 0.6 is 12.2 Å². The van der Waals surface area contributed by atoms with Crippen molar-refractivity contribution >= 4 is 12.2 Å². The van der Waals surface area contributed by atoms with Gasteiger partial charge in [-0.2, -0.15) is 10.2 Å². The van der Waals surface area contributed by atoms with Crippen LogP contribution in [0.2, 0.25) is 0 Å². The molecule has 0 spiro atoms. The number of hydrogen-bond donors (Lipinski definition) is 1. The Balaban J connectivity index is 2.46. The Kier molecular flexibility index (Phi) is 2.35. The van der Waals surface area contributed by atoms with E-state index < -0.39 is 0 Å². The van der Waals surface area contributed by atoms with E-state index >= 15 is 0 Å². The molecule has 5 heteroatoms. The maximum Gasteiger partial charge on any atom is 0.216 e. The zero-order valence-electron chi connectivity index (χ0n) is 8.06. The van der Waals surface area contributed by atoms with E-state index in [1.807, 2.05) is 19.2 Å². The number of H-pyrrole nitrogens is 1. The number of benzene rings is 1. The third-order valence-corrected chi connectivity index (χ3v) is 2.42. The van der Waals surface area contributed by atoms with Crippen LogP contribution in [0.3, 0.4) is 0 Å². The molecule has 0 aliphatic heterocycles. The zero-order valence-corrected chi connectivity index (χ0v) is 8.88. The molecule has 0 unspecified atom stereocenters. The first kappa shape index (κ1) is 9.62. The van der Waals surface area contributed by atoms with Crippen molar-refractivity contribution in [1.29, 1.82) is 5.26 Å². The van der Waals surface area contributed by atoms with Gasteiger partial charge in [0.25, 0.3) is 0 Å². The summed E-state index contributed by atoms with van der Waals surface area (Å²) in [6, 6.07) is 9.25. The second kappa shape index (κ2) is 3.67. The van der Waals surface area contributed by atoms with Gasteiger partial charge in [0.15, 0.2) is 5.82 Å². The summed E-state index contributed by atoms with van der Waals surface area (Å²) in [6.45, 7) is 0.